The van der Waals surface area contributed by atoms with Crippen LogP contribution < -0.4 is 5.73 Å². The Bertz CT molecular complexity index is 400. The van der Waals surface area contributed by atoms with E-state index in [-0.39, 0.29) is 5.54 Å². The lowest BCUT2D eigenvalue weighted by molar-refractivity contribution is 0.173. The van der Waals surface area contributed by atoms with Crippen molar-refractivity contribution in [2.24, 2.45) is 17.6 Å². The molecule has 0 spiro atoms. The Balaban J connectivity index is 2.19. The summed E-state index contributed by atoms with van der Waals surface area (Å²) in [4.78, 5) is 0. The highest BCUT2D eigenvalue weighted by Crippen LogP contribution is 2.41. The van der Waals surface area contributed by atoms with Crippen LogP contribution in [0.3, 0.4) is 0 Å². The van der Waals surface area contributed by atoms with Crippen molar-refractivity contribution >= 4 is 15.9 Å². The highest BCUT2D eigenvalue weighted by Gasteiger charge is 2.35. The molecule has 2 heteroatoms. The second-order valence-corrected chi connectivity index (χ2v) is 6.85. The van der Waals surface area contributed by atoms with E-state index in [1.165, 1.54) is 37.7 Å². The number of nitrogens with two attached hydrogens (primary N) is 1. The molecule has 1 fully saturated rings. The minimum Gasteiger partial charge on any atom is -0.321 e. The molecule has 0 saturated heterocycles. The van der Waals surface area contributed by atoms with Crippen LogP contribution in [0.1, 0.15) is 51.5 Å². The van der Waals surface area contributed by atoms with Gasteiger partial charge < -0.3 is 5.73 Å². The van der Waals surface area contributed by atoms with E-state index in [4.69, 9.17) is 5.73 Å². The highest BCUT2D eigenvalue weighted by atomic mass is 79.9. The lowest BCUT2D eigenvalue weighted by Crippen LogP contribution is -2.43. The van der Waals surface area contributed by atoms with Crippen molar-refractivity contribution < 1.29 is 0 Å². The summed E-state index contributed by atoms with van der Waals surface area (Å²) in [5.74, 6) is 1.49. The van der Waals surface area contributed by atoms with Crippen molar-refractivity contribution in [2.75, 3.05) is 0 Å². The Morgan fingerprint density at radius 2 is 2.17 bits per heavy atom. The normalized spacial score (nSPS) is 27.8. The van der Waals surface area contributed by atoms with Crippen LogP contribution in [-0.4, -0.2) is 0 Å². The van der Waals surface area contributed by atoms with Gasteiger partial charge in [-0.3, -0.25) is 0 Å². The average molecular weight is 310 g/mol. The van der Waals surface area contributed by atoms with Crippen molar-refractivity contribution in [1.29, 1.82) is 0 Å². The summed E-state index contributed by atoms with van der Waals surface area (Å²) in [6, 6.07) is 8.50. The minimum absolute atomic E-state index is 0.197. The molecule has 1 aliphatic rings. The van der Waals surface area contributed by atoms with Gasteiger partial charge in [0, 0.05) is 10.0 Å². The fourth-order valence-electron chi connectivity index (χ4n) is 3.27. The molecule has 100 valence electrons. The molecule has 0 bridgehead atoms. The number of halogens is 1. The zero-order valence-electron chi connectivity index (χ0n) is 11.5. The summed E-state index contributed by atoms with van der Waals surface area (Å²) < 4.78 is 1.12. The van der Waals surface area contributed by atoms with Crippen LogP contribution in [0, 0.1) is 11.8 Å². The third kappa shape index (κ3) is 2.97. The molecule has 2 N–H and O–H groups in total. The molecule has 1 aromatic carbocycles. The van der Waals surface area contributed by atoms with Gasteiger partial charge in [0.2, 0.25) is 0 Å². The summed E-state index contributed by atoms with van der Waals surface area (Å²) in [5, 5.41) is 0. The van der Waals surface area contributed by atoms with Gasteiger partial charge in [-0.1, -0.05) is 54.2 Å². The van der Waals surface area contributed by atoms with E-state index < -0.39 is 0 Å². The third-order valence-corrected chi connectivity index (χ3v) is 5.15. The quantitative estimate of drug-likeness (QED) is 0.849. The lowest BCUT2D eigenvalue weighted by atomic mass is 9.69. The number of hydrogen-bond acceptors (Lipinski definition) is 1. The van der Waals surface area contributed by atoms with Gasteiger partial charge in [-0.2, -0.15) is 0 Å². The van der Waals surface area contributed by atoms with Crippen LogP contribution in [0.4, 0.5) is 0 Å². The zero-order valence-corrected chi connectivity index (χ0v) is 13.0. The molecule has 1 aromatic rings. The second kappa shape index (κ2) is 5.75. The van der Waals surface area contributed by atoms with Gasteiger partial charge in [0.05, 0.1) is 0 Å². The molecule has 0 heterocycles. The Kier molecular flexibility index (Phi) is 4.50. The van der Waals surface area contributed by atoms with Gasteiger partial charge in [-0.05, 0) is 49.3 Å². The van der Waals surface area contributed by atoms with E-state index >= 15 is 0 Å². The first-order chi connectivity index (χ1) is 8.54. The van der Waals surface area contributed by atoms with E-state index in [0.717, 1.165) is 10.4 Å². The van der Waals surface area contributed by atoms with Crippen LogP contribution in [0.5, 0.6) is 0 Å². The van der Waals surface area contributed by atoms with Gasteiger partial charge in [0.15, 0.2) is 0 Å². The van der Waals surface area contributed by atoms with Crippen molar-refractivity contribution in [2.45, 2.75) is 51.5 Å². The van der Waals surface area contributed by atoms with Crippen LogP contribution in [0.15, 0.2) is 28.7 Å². The number of rotatable bonds is 3. The van der Waals surface area contributed by atoms with E-state index in [9.17, 15) is 0 Å². The second-order valence-electron chi connectivity index (χ2n) is 5.93. The van der Waals surface area contributed by atoms with Gasteiger partial charge in [0.1, 0.15) is 0 Å². The largest absolute Gasteiger partial charge is 0.321 e. The minimum atomic E-state index is -0.197. The van der Waals surface area contributed by atoms with Gasteiger partial charge in [-0.25, -0.2) is 0 Å². The first kappa shape index (κ1) is 14.1. The van der Waals surface area contributed by atoms with Crippen molar-refractivity contribution in [3.8, 4) is 0 Å². The summed E-state index contributed by atoms with van der Waals surface area (Å²) >= 11 is 3.55. The molecule has 3 atom stereocenters. The summed E-state index contributed by atoms with van der Waals surface area (Å²) in [5.41, 5.74) is 7.74. The Labute approximate surface area is 119 Å². The molecule has 0 amide bonds. The molecule has 1 aliphatic carbocycles. The number of benzene rings is 1. The van der Waals surface area contributed by atoms with Crippen LogP contribution in [-0.2, 0) is 5.54 Å². The fraction of sp³-hybridized carbons (Fsp3) is 0.625. The molecule has 1 saturated carbocycles. The maximum Gasteiger partial charge on any atom is 0.0410 e. The van der Waals surface area contributed by atoms with E-state index in [0.29, 0.717) is 5.92 Å². The molecule has 3 unspecified atom stereocenters. The topological polar surface area (TPSA) is 26.0 Å². The summed E-state index contributed by atoms with van der Waals surface area (Å²) in [6.07, 6.45) is 6.59. The first-order valence-corrected chi connectivity index (χ1v) is 7.88. The Morgan fingerprint density at radius 1 is 1.39 bits per heavy atom. The Hall–Kier alpha value is -0.340. The van der Waals surface area contributed by atoms with Crippen LogP contribution in [0.25, 0.3) is 0 Å². The maximum atomic E-state index is 6.68. The maximum absolute atomic E-state index is 6.68. The zero-order chi connectivity index (χ0) is 13.2. The lowest BCUT2D eigenvalue weighted by Gasteiger charge is -2.40. The third-order valence-electron chi connectivity index (χ3n) is 4.65. The predicted octanol–water partition coefficient (Wildman–Crippen LogP) is 4.84. The molecule has 0 radical (unpaired) electrons. The molecule has 0 aliphatic heterocycles. The van der Waals surface area contributed by atoms with Crippen molar-refractivity contribution in [1.82, 2.24) is 0 Å². The van der Waals surface area contributed by atoms with Crippen molar-refractivity contribution in [3.05, 3.63) is 34.3 Å². The first-order valence-electron chi connectivity index (χ1n) is 7.09. The molecule has 0 aromatic heterocycles. The summed E-state index contributed by atoms with van der Waals surface area (Å²) in [7, 11) is 0. The molecule has 1 nitrogen and oxygen atoms in total. The van der Waals surface area contributed by atoms with Crippen LogP contribution >= 0.6 is 15.9 Å². The van der Waals surface area contributed by atoms with Gasteiger partial charge in [0.25, 0.3) is 0 Å². The smallest absolute Gasteiger partial charge is 0.0410 e. The van der Waals surface area contributed by atoms with Crippen molar-refractivity contribution in [3.63, 3.8) is 0 Å². The molecular weight excluding hydrogens is 286 g/mol. The average Bonchev–Trinajstić information content (AvgIpc) is 2.39. The van der Waals surface area contributed by atoms with Gasteiger partial charge in [-0.15, -0.1) is 0 Å². The summed E-state index contributed by atoms with van der Waals surface area (Å²) in [6.45, 7) is 4.51. The standard InChI is InChI=1S/C16H24BrN/c1-3-12-6-4-7-13(10-12)16(2,18)14-8-5-9-15(17)11-14/h5,8-9,11-13H,3-4,6-7,10,18H2,1-2H3. The number of hydrogen-bond donors (Lipinski definition) is 1. The van der Waals surface area contributed by atoms with E-state index in [1.54, 1.807) is 0 Å². The van der Waals surface area contributed by atoms with E-state index in [2.05, 4.69) is 54.0 Å². The predicted molar refractivity (Wildman–Crippen MR) is 81.4 cm³/mol. The molecule has 18 heavy (non-hydrogen) atoms. The van der Waals surface area contributed by atoms with Crippen LogP contribution in [0.2, 0.25) is 0 Å². The van der Waals surface area contributed by atoms with E-state index in [1.807, 2.05) is 0 Å². The molecular formula is C16H24BrN. The monoisotopic (exact) mass is 309 g/mol. The molecule has 2 rings (SSSR count). The Morgan fingerprint density at radius 3 is 2.83 bits per heavy atom. The SMILES string of the molecule is CCC1CCCC(C(C)(N)c2cccc(Br)c2)C1. The van der Waals surface area contributed by atoms with Gasteiger partial charge >= 0.3 is 0 Å². The highest BCUT2D eigenvalue weighted by molar-refractivity contribution is 9.10. The fourth-order valence-corrected chi connectivity index (χ4v) is 3.66.